The van der Waals surface area contributed by atoms with Gasteiger partial charge in [0.15, 0.2) is 0 Å². The van der Waals surface area contributed by atoms with E-state index in [9.17, 15) is 10.1 Å². The Hall–Kier alpha value is -1.92. The molecule has 0 aliphatic heterocycles. The van der Waals surface area contributed by atoms with E-state index in [4.69, 9.17) is 11.6 Å². The lowest BCUT2D eigenvalue weighted by Crippen LogP contribution is -2.19. The van der Waals surface area contributed by atoms with Crippen molar-refractivity contribution in [3.8, 4) is 0 Å². The molecule has 0 fully saturated rings. The molecule has 6 nitrogen and oxygen atoms in total. The summed E-state index contributed by atoms with van der Waals surface area (Å²) < 4.78 is 1.94. The number of nitrogens with zero attached hydrogens (tertiary/aromatic N) is 3. The molecule has 1 N–H and O–H groups in total. The van der Waals surface area contributed by atoms with Gasteiger partial charge in [0.1, 0.15) is 5.82 Å². The molecule has 20 heavy (non-hydrogen) atoms. The van der Waals surface area contributed by atoms with Gasteiger partial charge in [-0.25, -0.2) is 4.98 Å². The smallest absolute Gasteiger partial charge is 0.275 e. The predicted molar refractivity (Wildman–Crippen MR) is 76.7 cm³/mol. The summed E-state index contributed by atoms with van der Waals surface area (Å²) in [7, 11) is 1.93. The summed E-state index contributed by atoms with van der Waals surface area (Å²) in [5.41, 5.74) is 0.556. The molecule has 0 bridgehead atoms. The molecule has 0 radical (unpaired) electrons. The molecule has 0 aliphatic rings. The van der Waals surface area contributed by atoms with Crippen molar-refractivity contribution in [1.82, 2.24) is 14.9 Å². The number of hydrogen-bond acceptors (Lipinski definition) is 4. The molecule has 2 aromatic rings. The maximum Gasteiger partial charge on any atom is 0.275 e. The Morgan fingerprint density at radius 2 is 2.30 bits per heavy atom. The van der Waals surface area contributed by atoms with E-state index in [1.165, 1.54) is 6.07 Å². The van der Waals surface area contributed by atoms with Crippen LogP contribution in [0.3, 0.4) is 0 Å². The Bertz CT molecular complexity index is 612. The van der Waals surface area contributed by atoms with E-state index in [0.717, 1.165) is 12.2 Å². The van der Waals surface area contributed by atoms with Crippen LogP contribution in [0.1, 0.15) is 11.4 Å². The number of halogens is 1. The highest BCUT2D eigenvalue weighted by molar-refractivity contribution is 6.31. The third kappa shape index (κ3) is 3.34. The zero-order valence-electron chi connectivity index (χ0n) is 11.0. The van der Waals surface area contributed by atoms with Crippen LogP contribution in [0.2, 0.25) is 5.02 Å². The van der Waals surface area contributed by atoms with Crippen LogP contribution in [0.4, 0.5) is 5.69 Å². The standard InChI is InChI=1S/C13H15ClN4O2/c1-17-8-7-16-13(17)5-6-15-9-10-11(14)3-2-4-12(10)18(19)20/h2-4,7-8,15H,5-6,9H2,1H3. The topological polar surface area (TPSA) is 73.0 Å². The van der Waals surface area contributed by atoms with Crippen molar-refractivity contribution < 1.29 is 4.92 Å². The van der Waals surface area contributed by atoms with Gasteiger partial charge in [0.25, 0.3) is 5.69 Å². The fourth-order valence-electron chi connectivity index (χ4n) is 1.94. The van der Waals surface area contributed by atoms with Crippen LogP contribution in [0.5, 0.6) is 0 Å². The Morgan fingerprint density at radius 3 is 2.95 bits per heavy atom. The molecule has 0 saturated heterocycles. The van der Waals surface area contributed by atoms with Gasteiger partial charge in [-0.2, -0.15) is 0 Å². The van der Waals surface area contributed by atoms with Crippen LogP contribution in [-0.4, -0.2) is 21.0 Å². The molecule has 2 rings (SSSR count). The third-order valence-electron chi connectivity index (χ3n) is 3.04. The lowest BCUT2D eigenvalue weighted by Gasteiger charge is -2.07. The van der Waals surface area contributed by atoms with Crippen molar-refractivity contribution in [3.05, 3.63) is 57.1 Å². The second kappa shape index (κ2) is 6.49. The van der Waals surface area contributed by atoms with Crippen LogP contribution in [0.15, 0.2) is 30.6 Å². The first kappa shape index (κ1) is 14.5. The minimum absolute atomic E-state index is 0.0435. The number of imidazole rings is 1. The molecule has 0 atom stereocenters. The summed E-state index contributed by atoms with van der Waals surface area (Å²) in [6.45, 7) is 1.04. The number of benzene rings is 1. The number of nitro benzene ring substituents is 1. The first-order valence-electron chi connectivity index (χ1n) is 6.18. The van der Waals surface area contributed by atoms with Crippen molar-refractivity contribution >= 4 is 17.3 Å². The average Bonchev–Trinajstić information content (AvgIpc) is 2.81. The number of nitro groups is 1. The van der Waals surface area contributed by atoms with Gasteiger partial charge < -0.3 is 9.88 Å². The van der Waals surface area contributed by atoms with Crippen LogP contribution >= 0.6 is 11.6 Å². The number of nitrogens with one attached hydrogen (secondary N) is 1. The van der Waals surface area contributed by atoms with Crippen molar-refractivity contribution in [2.45, 2.75) is 13.0 Å². The van der Waals surface area contributed by atoms with Gasteiger partial charge in [-0.1, -0.05) is 17.7 Å². The van der Waals surface area contributed by atoms with Crippen LogP contribution in [-0.2, 0) is 20.0 Å². The number of hydrogen-bond donors (Lipinski definition) is 1. The summed E-state index contributed by atoms with van der Waals surface area (Å²) in [6, 6.07) is 4.70. The highest BCUT2D eigenvalue weighted by Crippen LogP contribution is 2.25. The molecule has 0 aliphatic carbocycles. The van der Waals surface area contributed by atoms with E-state index in [1.807, 2.05) is 17.8 Å². The number of aromatic nitrogens is 2. The quantitative estimate of drug-likeness (QED) is 0.504. The minimum atomic E-state index is -0.415. The Labute approximate surface area is 121 Å². The lowest BCUT2D eigenvalue weighted by molar-refractivity contribution is -0.385. The molecule has 1 aromatic carbocycles. The molecule has 0 saturated carbocycles. The normalized spacial score (nSPS) is 10.7. The van der Waals surface area contributed by atoms with Crippen LogP contribution < -0.4 is 5.32 Å². The van der Waals surface area contributed by atoms with E-state index in [0.29, 0.717) is 23.7 Å². The maximum absolute atomic E-state index is 10.9. The maximum atomic E-state index is 10.9. The molecule has 0 spiro atoms. The van der Waals surface area contributed by atoms with E-state index < -0.39 is 4.92 Å². The van der Waals surface area contributed by atoms with Crippen molar-refractivity contribution in [2.75, 3.05) is 6.54 Å². The average molecular weight is 295 g/mol. The molecular weight excluding hydrogens is 280 g/mol. The third-order valence-corrected chi connectivity index (χ3v) is 3.39. The predicted octanol–water partition coefficient (Wildman–Crippen LogP) is 2.31. The largest absolute Gasteiger partial charge is 0.338 e. The van der Waals surface area contributed by atoms with Gasteiger partial charge in [-0.3, -0.25) is 10.1 Å². The molecule has 7 heteroatoms. The zero-order valence-corrected chi connectivity index (χ0v) is 11.8. The Balaban J connectivity index is 1.94. The Morgan fingerprint density at radius 1 is 1.50 bits per heavy atom. The molecule has 0 amide bonds. The molecular formula is C13H15ClN4O2. The monoisotopic (exact) mass is 294 g/mol. The second-order valence-corrected chi connectivity index (χ2v) is 4.78. The lowest BCUT2D eigenvalue weighted by atomic mass is 10.2. The fourth-order valence-corrected chi connectivity index (χ4v) is 2.18. The molecule has 106 valence electrons. The van der Waals surface area contributed by atoms with Gasteiger partial charge in [0.05, 0.1) is 15.5 Å². The zero-order chi connectivity index (χ0) is 14.5. The molecule has 1 heterocycles. The van der Waals surface area contributed by atoms with Gasteiger partial charge in [-0.05, 0) is 6.07 Å². The van der Waals surface area contributed by atoms with Gasteiger partial charge >= 0.3 is 0 Å². The Kier molecular flexibility index (Phi) is 4.70. The van der Waals surface area contributed by atoms with Crippen molar-refractivity contribution in [2.24, 2.45) is 7.05 Å². The van der Waals surface area contributed by atoms with Crippen molar-refractivity contribution in [1.29, 1.82) is 0 Å². The fraction of sp³-hybridized carbons (Fsp3) is 0.308. The second-order valence-electron chi connectivity index (χ2n) is 4.38. The highest BCUT2D eigenvalue weighted by atomic mass is 35.5. The summed E-state index contributed by atoms with van der Waals surface area (Å²) in [4.78, 5) is 14.7. The van der Waals surface area contributed by atoms with E-state index in [2.05, 4.69) is 10.3 Å². The van der Waals surface area contributed by atoms with Gasteiger partial charge in [-0.15, -0.1) is 0 Å². The molecule has 1 aromatic heterocycles. The first-order chi connectivity index (χ1) is 9.59. The summed E-state index contributed by atoms with van der Waals surface area (Å²) in [5.74, 6) is 0.964. The summed E-state index contributed by atoms with van der Waals surface area (Å²) in [5, 5.41) is 14.5. The highest BCUT2D eigenvalue weighted by Gasteiger charge is 2.15. The van der Waals surface area contributed by atoms with Crippen LogP contribution in [0, 0.1) is 10.1 Å². The van der Waals surface area contributed by atoms with Gasteiger partial charge in [0, 0.05) is 45.0 Å². The van der Waals surface area contributed by atoms with Gasteiger partial charge in [0.2, 0.25) is 0 Å². The van der Waals surface area contributed by atoms with Crippen molar-refractivity contribution in [3.63, 3.8) is 0 Å². The number of aryl methyl sites for hydroxylation is 1. The molecule has 0 unspecified atom stereocenters. The SMILES string of the molecule is Cn1ccnc1CCNCc1c(Cl)cccc1[N+](=O)[O-]. The first-order valence-corrected chi connectivity index (χ1v) is 6.56. The summed E-state index contributed by atoms with van der Waals surface area (Å²) >= 11 is 6.02. The number of rotatable bonds is 6. The van der Waals surface area contributed by atoms with E-state index in [-0.39, 0.29) is 5.69 Å². The summed E-state index contributed by atoms with van der Waals surface area (Å²) in [6.07, 6.45) is 4.38. The van der Waals surface area contributed by atoms with E-state index >= 15 is 0 Å². The van der Waals surface area contributed by atoms with E-state index in [1.54, 1.807) is 18.3 Å². The van der Waals surface area contributed by atoms with Crippen LogP contribution in [0.25, 0.3) is 0 Å². The minimum Gasteiger partial charge on any atom is -0.338 e.